The molecule has 4 heteroatoms. The van der Waals surface area contributed by atoms with Crippen molar-refractivity contribution >= 4 is 0 Å². The molecule has 1 N–H and O–H groups in total. The van der Waals surface area contributed by atoms with Crippen LogP contribution < -0.4 is 0 Å². The molecule has 1 fully saturated rings. The van der Waals surface area contributed by atoms with Crippen molar-refractivity contribution in [2.75, 3.05) is 6.61 Å². The normalized spacial score (nSPS) is 23.1. The lowest BCUT2D eigenvalue weighted by molar-refractivity contribution is -0.178. The van der Waals surface area contributed by atoms with Crippen molar-refractivity contribution in [1.82, 2.24) is 10.0 Å². The Hall–Kier alpha value is -1.75. The maximum absolute atomic E-state index is 9.34. The Morgan fingerprint density at radius 3 is 2.65 bits per heavy atom. The number of aliphatic hydroxyl groups excluding tert-OH is 1. The van der Waals surface area contributed by atoms with Gasteiger partial charge in [-0.25, -0.2) is 0 Å². The minimum atomic E-state index is -0.147. The van der Waals surface area contributed by atoms with E-state index in [1.807, 2.05) is 41.5 Å². The van der Waals surface area contributed by atoms with Crippen molar-refractivity contribution in [3.05, 3.63) is 66.0 Å². The van der Waals surface area contributed by atoms with E-state index >= 15 is 0 Å². The molecule has 0 amide bonds. The summed E-state index contributed by atoms with van der Waals surface area (Å²) < 4.78 is 0. The van der Waals surface area contributed by atoms with E-state index in [2.05, 4.69) is 17.1 Å². The summed E-state index contributed by atoms with van der Waals surface area (Å²) in [6.45, 7) is 0.729. The topological polar surface area (TPSA) is 45.6 Å². The maximum atomic E-state index is 9.34. The average Bonchev–Trinajstić information content (AvgIpc) is 2.92. The van der Waals surface area contributed by atoms with Gasteiger partial charge in [-0.1, -0.05) is 36.4 Å². The summed E-state index contributed by atoms with van der Waals surface area (Å²) in [7, 11) is 0. The van der Waals surface area contributed by atoms with Crippen LogP contribution in [0.5, 0.6) is 0 Å². The first-order valence-corrected chi connectivity index (χ1v) is 6.86. The second kappa shape index (κ2) is 6.13. The van der Waals surface area contributed by atoms with Crippen molar-refractivity contribution in [2.45, 2.75) is 25.1 Å². The molecule has 0 aliphatic carbocycles. The van der Waals surface area contributed by atoms with Crippen molar-refractivity contribution in [3.8, 4) is 0 Å². The van der Waals surface area contributed by atoms with Crippen LogP contribution in [0.4, 0.5) is 0 Å². The van der Waals surface area contributed by atoms with Crippen LogP contribution in [-0.4, -0.2) is 27.9 Å². The van der Waals surface area contributed by atoms with Crippen LogP contribution in [0.2, 0.25) is 0 Å². The van der Waals surface area contributed by atoms with Gasteiger partial charge in [-0.3, -0.25) is 9.82 Å². The number of rotatable bonds is 4. The number of benzene rings is 1. The fraction of sp³-hybridized carbons (Fsp3) is 0.312. The Kier molecular flexibility index (Phi) is 4.06. The highest BCUT2D eigenvalue weighted by atomic mass is 16.7. The predicted octanol–water partition coefficient (Wildman–Crippen LogP) is 2.32. The van der Waals surface area contributed by atoms with E-state index in [9.17, 15) is 5.11 Å². The molecule has 2 aromatic rings. The highest BCUT2D eigenvalue weighted by molar-refractivity contribution is 5.16. The summed E-state index contributed by atoms with van der Waals surface area (Å²) in [6, 6.07) is 16.2. The van der Waals surface area contributed by atoms with E-state index < -0.39 is 0 Å². The van der Waals surface area contributed by atoms with E-state index in [4.69, 9.17) is 4.84 Å². The number of hydroxylamine groups is 2. The van der Waals surface area contributed by atoms with E-state index in [0.717, 1.165) is 12.1 Å². The van der Waals surface area contributed by atoms with Gasteiger partial charge in [-0.15, -0.1) is 0 Å². The molecule has 20 heavy (non-hydrogen) atoms. The summed E-state index contributed by atoms with van der Waals surface area (Å²) in [5, 5.41) is 11.3. The first kappa shape index (κ1) is 13.2. The first-order chi connectivity index (χ1) is 9.86. The van der Waals surface area contributed by atoms with Crippen LogP contribution in [-0.2, 0) is 11.4 Å². The minimum absolute atomic E-state index is 0.0363. The molecule has 2 atom stereocenters. The molecule has 0 saturated carbocycles. The lowest BCUT2D eigenvalue weighted by atomic mass is 10.1. The molecule has 0 unspecified atom stereocenters. The van der Waals surface area contributed by atoms with Gasteiger partial charge in [0, 0.05) is 19.2 Å². The van der Waals surface area contributed by atoms with E-state index in [-0.39, 0.29) is 18.8 Å². The molecule has 0 radical (unpaired) electrons. The standard InChI is InChI=1S/C16H18N2O2/c19-12-14-10-16(15-8-4-5-9-17-15)18(20-14)11-13-6-2-1-3-7-13/h1-9,14,16,19H,10-12H2/t14-,16-/m1/s1. The summed E-state index contributed by atoms with van der Waals surface area (Å²) in [5.74, 6) is 0. The lowest BCUT2D eigenvalue weighted by Gasteiger charge is -2.22. The number of aliphatic hydroxyl groups is 1. The molecule has 1 aromatic heterocycles. The van der Waals surface area contributed by atoms with E-state index in [1.165, 1.54) is 5.56 Å². The molecule has 1 saturated heterocycles. The Bertz CT molecular complexity index is 533. The van der Waals surface area contributed by atoms with Crippen LogP contribution in [0.15, 0.2) is 54.7 Å². The van der Waals surface area contributed by atoms with Crippen LogP contribution in [0.1, 0.15) is 23.7 Å². The summed E-state index contributed by atoms with van der Waals surface area (Å²) >= 11 is 0. The quantitative estimate of drug-likeness (QED) is 0.926. The number of nitrogens with zero attached hydrogens (tertiary/aromatic N) is 2. The van der Waals surface area contributed by atoms with Gasteiger partial charge in [0.2, 0.25) is 0 Å². The lowest BCUT2D eigenvalue weighted by Crippen LogP contribution is -2.23. The smallest absolute Gasteiger partial charge is 0.104 e. The van der Waals surface area contributed by atoms with Crippen molar-refractivity contribution in [1.29, 1.82) is 0 Å². The first-order valence-electron chi connectivity index (χ1n) is 6.86. The van der Waals surface area contributed by atoms with Gasteiger partial charge in [0.25, 0.3) is 0 Å². The number of pyridine rings is 1. The SMILES string of the molecule is OC[C@H]1C[C@H](c2ccccn2)N(Cc2ccccc2)O1. The van der Waals surface area contributed by atoms with Crippen LogP contribution in [0.25, 0.3) is 0 Å². The van der Waals surface area contributed by atoms with E-state index in [1.54, 1.807) is 6.20 Å². The Morgan fingerprint density at radius 2 is 1.95 bits per heavy atom. The van der Waals surface area contributed by atoms with Crippen LogP contribution in [0, 0.1) is 0 Å². The number of hydrogen-bond donors (Lipinski definition) is 1. The Morgan fingerprint density at radius 1 is 1.15 bits per heavy atom. The summed E-state index contributed by atoms with van der Waals surface area (Å²) in [4.78, 5) is 10.2. The summed E-state index contributed by atoms with van der Waals surface area (Å²) in [6.07, 6.45) is 2.41. The zero-order valence-corrected chi connectivity index (χ0v) is 11.2. The van der Waals surface area contributed by atoms with Crippen molar-refractivity contribution < 1.29 is 9.94 Å². The fourth-order valence-electron chi connectivity index (χ4n) is 2.53. The van der Waals surface area contributed by atoms with Gasteiger partial charge in [-0.05, 0) is 17.7 Å². The van der Waals surface area contributed by atoms with E-state index in [0.29, 0.717) is 6.54 Å². The molecule has 1 aromatic carbocycles. The second-order valence-electron chi connectivity index (χ2n) is 4.98. The third-order valence-electron chi connectivity index (χ3n) is 3.53. The molecule has 1 aliphatic rings. The van der Waals surface area contributed by atoms with Crippen molar-refractivity contribution in [3.63, 3.8) is 0 Å². The van der Waals surface area contributed by atoms with Gasteiger partial charge in [0.15, 0.2) is 0 Å². The predicted molar refractivity (Wildman–Crippen MR) is 75.5 cm³/mol. The maximum Gasteiger partial charge on any atom is 0.104 e. The molecule has 0 bridgehead atoms. The van der Waals surface area contributed by atoms with Gasteiger partial charge in [0.05, 0.1) is 18.3 Å². The highest BCUT2D eigenvalue weighted by Crippen LogP contribution is 2.34. The Labute approximate surface area is 118 Å². The molecule has 1 aliphatic heterocycles. The minimum Gasteiger partial charge on any atom is -0.394 e. The van der Waals surface area contributed by atoms with Gasteiger partial charge < -0.3 is 5.11 Å². The molecule has 4 nitrogen and oxygen atoms in total. The molecule has 3 rings (SSSR count). The van der Waals surface area contributed by atoms with Crippen molar-refractivity contribution in [2.24, 2.45) is 0 Å². The third kappa shape index (κ3) is 2.88. The fourth-order valence-corrected chi connectivity index (χ4v) is 2.53. The second-order valence-corrected chi connectivity index (χ2v) is 4.98. The third-order valence-corrected chi connectivity index (χ3v) is 3.53. The molecule has 0 spiro atoms. The van der Waals surface area contributed by atoms with Gasteiger partial charge in [-0.2, -0.15) is 5.06 Å². The molecule has 2 heterocycles. The summed E-state index contributed by atoms with van der Waals surface area (Å²) in [5.41, 5.74) is 2.17. The van der Waals surface area contributed by atoms with Gasteiger partial charge >= 0.3 is 0 Å². The van der Waals surface area contributed by atoms with Crippen LogP contribution >= 0.6 is 0 Å². The van der Waals surface area contributed by atoms with Gasteiger partial charge in [0.1, 0.15) is 6.10 Å². The zero-order chi connectivity index (χ0) is 13.8. The number of hydrogen-bond acceptors (Lipinski definition) is 4. The molecule has 104 valence electrons. The monoisotopic (exact) mass is 270 g/mol. The van der Waals surface area contributed by atoms with Crippen LogP contribution in [0.3, 0.4) is 0 Å². The zero-order valence-electron chi connectivity index (χ0n) is 11.2. The largest absolute Gasteiger partial charge is 0.394 e. The molecular formula is C16H18N2O2. The Balaban J connectivity index is 1.80. The number of aromatic nitrogens is 1. The molecular weight excluding hydrogens is 252 g/mol. The highest BCUT2D eigenvalue weighted by Gasteiger charge is 2.34. The average molecular weight is 270 g/mol.